The van der Waals surface area contributed by atoms with Crippen LogP contribution >= 0.6 is 0 Å². The fourth-order valence-electron chi connectivity index (χ4n) is 7.45. The van der Waals surface area contributed by atoms with Crippen molar-refractivity contribution in [2.24, 2.45) is 0 Å². The van der Waals surface area contributed by atoms with Gasteiger partial charge in [0.05, 0.1) is 35.2 Å². The van der Waals surface area contributed by atoms with Gasteiger partial charge in [0.2, 0.25) is 0 Å². The molecule has 0 amide bonds. The number of carbonyl (C=O) groups is 6. The molecule has 0 unspecified atom stereocenters. The maximum atomic E-state index is 11.8. The molecule has 0 saturated carbocycles. The quantitative estimate of drug-likeness (QED) is 0.0474. The standard InChI is InChI=1S/3C15H12O2.C14H12N2O6S2.Eu.2Na/c3*16-14(12-7-3-1-4-8-12)11-15(17)13-9-5-2-6-10-13;1-7-5-6-15-11-9(7)3-4-10-8(2)13(23(17,18)19)14(16-12(10)11)24(20,21)22;;;/h3*1-10H,11H2;3-6H,1-2H3,(H,17,18,19)(H,20,21,22);;;/q;;;;+3;2*+1/p-2. The first kappa shape index (κ1) is 67.1. The molecule has 9 aromatic rings. The number of hydrogen-bond donors (Lipinski definition) is 0. The van der Waals surface area contributed by atoms with E-state index < -0.39 is 30.2 Å². The Morgan fingerprint density at radius 1 is 0.385 bits per heavy atom. The molecule has 0 aliphatic heterocycles. The minimum absolute atomic E-state index is 0. The average Bonchev–Trinajstić information content (AvgIpc) is 3.55. The van der Waals surface area contributed by atoms with E-state index in [0.717, 1.165) is 5.56 Å². The largest absolute Gasteiger partial charge is 3.00 e. The number of benzene rings is 7. The summed E-state index contributed by atoms with van der Waals surface area (Å²) in [5, 5.41) is -0.385. The van der Waals surface area contributed by atoms with E-state index >= 15 is 0 Å². The van der Waals surface area contributed by atoms with Crippen LogP contribution in [0.25, 0.3) is 21.8 Å². The van der Waals surface area contributed by atoms with Crippen molar-refractivity contribution < 1.29 is 163 Å². The Bertz CT molecular complexity index is 3370. The Morgan fingerprint density at radius 3 is 0.910 bits per heavy atom. The molecule has 0 spiro atoms. The number of Topliss-reactive ketones (excluding diaryl/α,β-unsaturated/α-hetero) is 6. The van der Waals surface area contributed by atoms with Gasteiger partial charge in [-0.1, -0.05) is 194 Å². The Morgan fingerprint density at radius 2 is 0.654 bits per heavy atom. The molecule has 0 aliphatic carbocycles. The molecule has 2 heterocycles. The van der Waals surface area contributed by atoms with Crippen LogP contribution in [0.2, 0.25) is 0 Å². The van der Waals surface area contributed by atoms with Crippen molar-refractivity contribution in [1.29, 1.82) is 0 Å². The van der Waals surface area contributed by atoms with E-state index in [1.165, 1.54) is 19.2 Å². The second kappa shape index (κ2) is 32.1. The fraction of sp³-hybridized carbons (Fsp3) is 0.0847. The monoisotopic (exact) mass is 1240 g/mol. The molecule has 0 aliphatic rings. The third-order valence-corrected chi connectivity index (χ3v) is 13.2. The molecule has 382 valence electrons. The SMILES string of the molecule is Cc1ccnc2c1ccc1c(C)c(S(=O)(=O)[O-])c(S(=O)(=O)[O-])nc12.O=C(CC(=O)c1ccccc1)c1ccccc1.O=C(CC(=O)c1ccccc1)c1ccccc1.O=C(CC(=O)c1ccccc1)c1ccccc1.[Eu+3].[Na+].[Na+]. The fourth-order valence-corrected chi connectivity index (χ4v) is 9.39. The van der Waals surface area contributed by atoms with Gasteiger partial charge in [-0.15, -0.1) is 0 Å². The van der Waals surface area contributed by atoms with Crippen LogP contribution in [0.5, 0.6) is 0 Å². The molecule has 0 saturated heterocycles. The van der Waals surface area contributed by atoms with Crippen molar-refractivity contribution in [1.82, 2.24) is 9.97 Å². The third kappa shape index (κ3) is 19.3. The van der Waals surface area contributed by atoms with Crippen molar-refractivity contribution in [2.75, 3.05) is 0 Å². The first-order valence-electron chi connectivity index (χ1n) is 22.9. The van der Waals surface area contributed by atoms with Crippen molar-refractivity contribution in [2.45, 2.75) is 43.0 Å². The van der Waals surface area contributed by atoms with E-state index in [1.807, 2.05) is 43.3 Å². The van der Waals surface area contributed by atoms with E-state index in [1.54, 1.807) is 158 Å². The van der Waals surface area contributed by atoms with E-state index in [-0.39, 0.29) is 179 Å². The number of nitrogens with zero attached hydrogens (tertiary/aromatic N) is 2. The van der Waals surface area contributed by atoms with Crippen LogP contribution in [-0.4, -0.2) is 70.6 Å². The molecule has 9 rings (SSSR count). The summed E-state index contributed by atoms with van der Waals surface area (Å²) in [5.41, 5.74) is 4.55. The van der Waals surface area contributed by atoms with E-state index in [9.17, 15) is 54.7 Å². The molecule has 7 aromatic carbocycles. The van der Waals surface area contributed by atoms with Gasteiger partial charge in [0.1, 0.15) is 20.2 Å². The number of hydrogen-bond acceptors (Lipinski definition) is 14. The summed E-state index contributed by atoms with van der Waals surface area (Å²) in [5.74, 6) is -0.836. The molecule has 14 nitrogen and oxygen atoms in total. The predicted molar refractivity (Wildman–Crippen MR) is 281 cm³/mol. The molecule has 2 aromatic heterocycles. The van der Waals surface area contributed by atoms with Crippen molar-refractivity contribution in [3.05, 3.63) is 251 Å². The van der Waals surface area contributed by atoms with Gasteiger partial charge in [-0.05, 0) is 31.0 Å². The molecule has 0 N–H and O–H groups in total. The molecular formula is C59H46EuN2Na2O12S2+3. The van der Waals surface area contributed by atoms with Gasteiger partial charge >= 0.3 is 108 Å². The second-order valence-corrected chi connectivity index (χ2v) is 19.1. The number of fused-ring (bicyclic) bond motifs is 3. The summed E-state index contributed by atoms with van der Waals surface area (Å²) in [6.07, 6.45) is 1.26. The van der Waals surface area contributed by atoms with Gasteiger partial charge in [0, 0.05) is 50.4 Å². The van der Waals surface area contributed by atoms with Crippen molar-refractivity contribution in [3.8, 4) is 0 Å². The minimum atomic E-state index is -5.28. The maximum Gasteiger partial charge on any atom is 3.00 e. The Labute approximate surface area is 537 Å². The number of aromatic nitrogens is 2. The summed E-state index contributed by atoms with van der Waals surface area (Å²) in [6, 6.07) is 58.2. The van der Waals surface area contributed by atoms with Crippen LogP contribution < -0.4 is 59.1 Å². The van der Waals surface area contributed by atoms with E-state index in [4.69, 9.17) is 0 Å². The number of carbonyl (C=O) groups excluding carboxylic acids is 6. The Hall–Kier alpha value is -5.22. The Kier molecular flexibility index (Phi) is 27.6. The number of pyridine rings is 2. The van der Waals surface area contributed by atoms with Crippen LogP contribution in [0.3, 0.4) is 0 Å². The van der Waals surface area contributed by atoms with Crippen LogP contribution in [0.15, 0.2) is 216 Å². The van der Waals surface area contributed by atoms with Gasteiger partial charge in [0.25, 0.3) is 0 Å². The number of aryl methyl sites for hydroxylation is 2. The smallest absolute Gasteiger partial charge is 0.744 e. The van der Waals surface area contributed by atoms with Gasteiger partial charge in [-0.2, -0.15) is 0 Å². The zero-order valence-electron chi connectivity index (χ0n) is 42.7. The molecule has 0 bridgehead atoms. The Balaban J connectivity index is 0.000000273. The van der Waals surface area contributed by atoms with Crippen LogP contribution in [-0.2, 0) is 20.2 Å². The first-order valence-corrected chi connectivity index (χ1v) is 25.7. The second-order valence-electron chi connectivity index (χ2n) is 16.5. The molecule has 78 heavy (non-hydrogen) atoms. The molecule has 0 fully saturated rings. The van der Waals surface area contributed by atoms with Gasteiger partial charge in [0.15, 0.2) is 39.7 Å². The van der Waals surface area contributed by atoms with E-state index in [0.29, 0.717) is 44.3 Å². The summed E-state index contributed by atoms with van der Waals surface area (Å²) >= 11 is 0. The number of ketones is 6. The van der Waals surface area contributed by atoms with Crippen LogP contribution in [0.4, 0.5) is 0 Å². The number of rotatable bonds is 14. The molecule has 19 heteroatoms. The predicted octanol–water partition coefficient (Wildman–Crippen LogP) is 4.64. The minimum Gasteiger partial charge on any atom is -0.744 e. The van der Waals surface area contributed by atoms with Crippen LogP contribution in [0, 0.1) is 63.2 Å². The zero-order chi connectivity index (χ0) is 54.1. The third-order valence-electron chi connectivity index (χ3n) is 11.3. The zero-order valence-corrected chi connectivity index (χ0v) is 50.8. The average molecular weight is 1240 g/mol. The molecule has 0 atom stereocenters. The summed E-state index contributed by atoms with van der Waals surface area (Å²) < 4.78 is 68.8. The van der Waals surface area contributed by atoms with Crippen molar-refractivity contribution >= 4 is 76.7 Å². The molecular weight excluding hydrogens is 1190 g/mol. The van der Waals surface area contributed by atoms with Crippen molar-refractivity contribution in [3.63, 3.8) is 0 Å². The summed E-state index contributed by atoms with van der Waals surface area (Å²) in [6.45, 7) is 3.07. The van der Waals surface area contributed by atoms with E-state index in [2.05, 4.69) is 9.97 Å². The normalized spacial score (nSPS) is 10.4. The molecule has 0 radical (unpaired) electrons. The maximum absolute atomic E-state index is 11.8. The summed E-state index contributed by atoms with van der Waals surface area (Å²) in [7, 11) is -10.5. The van der Waals surface area contributed by atoms with Gasteiger partial charge < -0.3 is 9.11 Å². The summed E-state index contributed by atoms with van der Waals surface area (Å²) in [4.78, 5) is 77.6. The topological polar surface area (TPSA) is 243 Å². The first-order chi connectivity index (χ1) is 35.8. The van der Waals surface area contributed by atoms with Gasteiger partial charge in [-0.25, -0.2) is 21.8 Å². The van der Waals surface area contributed by atoms with Crippen LogP contribution in [0.1, 0.15) is 92.5 Å². The van der Waals surface area contributed by atoms with Gasteiger partial charge in [-0.3, -0.25) is 33.8 Å².